The SMILES string of the molecule is CC(C)CCOc1ccc(NC(=O)C2CCCCN2)cc1. The van der Waals surface area contributed by atoms with Gasteiger partial charge in [-0.1, -0.05) is 20.3 Å². The van der Waals surface area contributed by atoms with Gasteiger partial charge in [0.2, 0.25) is 5.91 Å². The molecule has 2 N–H and O–H groups in total. The highest BCUT2D eigenvalue weighted by molar-refractivity contribution is 5.94. The molecule has 1 fully saturated rings. The van der Waals surface area contributed by atoms with Crippen molar-refractivity contribution in [2.24, 2.45) is 5.92 Å². The molecule has 0 bridgehead atoms. The molecule has 1 aliphatic rings. The van der Waals surface area contributed by atoms with E-state index in [2.05, 4.69) is 24.5 Å². The van der Waals surface area contributed by atoms with Crippen molar-refractivity contribution in [2.45, 2.75) is 45.6 Å². The van der Waals surface area contributed by atoms with Gasteiger partial charge in [0.05, 0.1) is 12.6 Å². The number of amides is 1. The van der Waals surface area contributed by atoms with E-state index in [1.165, 1.54) is 0 Å². The van der Waals surface area contributed by atoms with Gasteiger partial charge < -0.3 is 15.4 Å². The predicted octanol–water partition coefficient (Wildman–Crippen LogP) is 3.19. The molecule has 1 heterocycles. The normalized spacial score (nSPS) is 18.5. The summed E-state index contributed by atoms with van der Waals surface area (Å²) in [5, 5.41) is 6.21. The molecule has 1 atom stereocenters. The lowest BCUT2D eigenvalue weighted by atomic mass is 10.0. The molecule has 1 unspecified atom stereocenters. The van der Waals surface area contributed by atoms with Crippen molar-refractivity contribution < 1.29 is 9.53 Å². The third-order valence-corrected chi connectivity index (χ3v) is 3.71. The first-order valence-electron chi connectivity index (χ1n) is 7.92. The average molecular weight is 290 g/mol. The molecule has 0 saturated carbocycles. The lowest BCUT2D eigenvalue weighted by Crippen LogP contribution is -2.43. The van der Waals surface area contributed by atoms with Crippen molar-refractivity contribution in [3.63, 3.8) is 0 Å². The molecule has 4 nitrogen and oxygen atoms in total. The molecule has 1 aromatic rings. The molecule has 21 heavy (non-hydrogen) atoms. The van der Waals surface area contributed by atoms with Crippen molar-refractivity contribution in [1.82, 2.24) is 5.32 Å². The minimum Gasteiger partial charge on any atom is -0.494 e. The van der Waals surface area contributed by atoms with Gasteiger partial charge in [-0.05, 0) is 56.0 Å². The topological polar surface area (TPSA) is 50.4 Å². The van der Waals surface area contributed by atoms with Gasteiger partial charge in [-0.25, -0.2) is 0 Å². The summed E-state index contributed by atoms with van der Waals surface area (Å²) in [6.45, 7) is 6.03. The second-order valence-electron chi connectivity index (χ2n) is 6.05. The minimum atomic E-state index is -0.0549. The van der Waals surface area contributed by atoms with Crippen LogP contribution in [0.15, 0.2) is 24.3 Å². The molecule has 1 aliphatic heterocycles. The van der Waals surface area contributed by atoms with Gasteiger partial charge in [-0.15, -0.1) is 0 Å². The highest BCUT2D eigenvalue weighted by Gasteiger charge is 2.20. The molecular weight excluding hydrogens is 264 g/mol. The van der Waals surface area contributed by atoms with E-state index in [4.69, 9.17) is 4.74 Å². The molecule has 1 aromatic carbocycles. The summed E-state index contributed by atoms with van der Waals surface area (Å²) >= 11 is 0. The molecule has 0 aliphatic carbocycles. The fraction of sp³-hybridized carbons (Fsp3) is 0.588. The Hall–Kier alpha value is -1.55. The van der Waals surface area contributed by atoms with E-state index in [0.29, 0.717) is 5.92 Å². The van der Waals surface area contributed by atoms with Crippen LogP contribution in [0.3, 0.4) is 0 Å². The van der Waals surface area contributed by atoms with Gasteiger partial charge in [0.1, 0.15) is 5.75 Å². The molecule has 0 spiro atoms. The molecule has 1 saturated heterocycles. The summed E-state index contributed by atoms with van der Waals surface area (Å²) in [6.07, 6.45) is 4.24. The van der Waals surface area contributed by atoms with Crippen molar-refractivity contribution in [2.75, 3.05) is 18.5 Å². The molecule has 0 radical (unpaired) electrons. The van der Waals surface area contributed by atoms with Crippen LogP contribution < -0.4 is 15.4 Å². The molecule has 4 heteroatoms. The van der Waals surface area contributed by atoms with E-state index in [0.717, 1.165) is 50.3 Å². The number of hydrogen-bond donors (Lipinski definition) is 2. The van der Waals surface area contributed by atoms with E-state index in [1.807, 2.05) is 24.3 Å². The van der Waals surface area contributed by atoms with Crippen LogP contribution in [-0.4, -0.2) is 25.1 Å². The van der Waals surface area contributed by atoms with Crippen LogP contribution in [0.1, 0.15) is 39.5 Å². The summed E-state index contributed by atoms with van der Waals surface area (Å²) in [6, 6.07) is 7.55. The largest absolute Gasteiger partial charge is 0.494 e. The number of benzene rings is 1. The fourth-order valence-corrected chi connectivity index (χ4v) is 2.35. The number of hydrogen-bond acceptors (Lipinski definition) is 3. The third-order valence-electron chi connectivity index (χ3n) is 3.71. The van der Waals surface area contributed by atoms with Crippen molar-refractivity contribution >= 4 is 11.6 Å². The zero-order valence-corrected chi connectivity index (χ0v) is 13.0. The van der Waals surface area contributed by atoms with E-state index in [1.54, 1.807) is 0 Å². The molecule has 116 valence electrons. The van der Waals surface area contributed by atoms with Gasteiger partial charge in [0, 0.05) is 5.69 Å². The Morgan fingerprint density at radius 3 is 2.71 bits per heavy atom. The first kappa shape index (κ1) is 15.8. The van der Waals surface area contributed by atoms with Crippen molar-refractivity contribution in [3.05, 3.63) is 24.3 Å². The molecule has 0 aromatic heterocycles. The summed E-state index contributed by atoms with van der Waals surface area (Å²) in [7, 11) is 0. The number of ether oxygens (including phenoxy) is 1. The number of nitrogens with one attached hydrogen (secondary N) is 2. The van der Waals surface area contributed by atoms with Gasteiger partial charge in [-0.3, -0.25) is 4.79 Å². The number of rotatable bonds is 6. The van der Waals surface area contributed by atoms with Crippen LogP contribution in [-0.2, 0) is 4.79 Å². The van der Waals surface area contributed by atoms with Gasteiger partial charge in [0.15, 0.2) is 0 Å². The lowest BCUT2D eigenvalue weighted by Gasteiger charge is -2.22. The molecule has 1 amide bonds. The first-order valence-corrected chi connectivity index (χ1v) is 7.92. The van der Waals surface area contributed by atoms with Crippen LogP contribution in [0.5, 0.6) is 5.75 Å². The Labute approximate surface area is 127 Å². The van der Waals surface area contributed by atoms with E-state index >= 15 is 0 Å². The standard InChI is InChI=1S/C17H26N2O2/c1-13(2)10-12-21-15-8-6-14(7-9-15)19-17(20)16-5-3-4-11-18-16/h6-9,13,16,18H,3-5,10-12H2,1-2H3,(H,19,20). The zero-order valence-electron chi connectivity index (χ0n) is 13.0. The number of piperidine rings is 1. The Bertz CT molecular complexity index is 437. The van der Waals surface area contributed by atoms with Crippen LogP contribution in [0, 0.1) is 5.92 Å². The maximum absolute atomic E-state index is 12.1. The Balaban J connectivity index is 1.80. The number of carbonyl (C=O) groups is 1. The van der Waals surface area contributed by atoms with Crippen LogP contribution in [0.4, 0.5) is 5.69 Å². The molecule has 2 rings (SSSR count). The lowest BCUT2D eigenvalue weighted by molar-refractivity contribution is -0.118. The maximum Gasteiger partial charge on any atom is 0.241 e. The predicted molar refractivity (Wildman–Crippen MR) is 85.7 cm³/mol. The van der Waals surface area contributed by atoms with E-state index < -0.39 is 0 Å². The monoisotopic (exact) mass is 290 g/mol. The average Bonchev–Trinajstić information content (AvgIpc) is 2.49. The Kier molecular flexibility index (Phi) is 6.05. The van der Waals surface area contributed by atoms with Crippen LogP contribution >= 0.6 is 0 Å². The van der Waals surface area contributed by atoms with Crippen LogP contribution in [0.2, 0.25) is 0 Å². The first-order chi connectivity index (χ1) is 10.1. The summed E-state index contributed by atoms with van der Waals surface area (Å²) in [5.74, 6) is 1.55. The van der Waals surface area contributed by atoms with E-state index in [-0.39, 0.29) is 11.9 Å². The van der Waals surface area contributed by atoms with Gasteiger partial charge in [0.25, 0.3) is 0 Å². The van der Waals surface area contributed by atoms with Gasteiger partial charge in [-0.2, -0.15) is 0 Å². The number of anilines is 1. The van der Waals surface area contributed by atoms with Crippen LogP contribution in [0.25, 0.3) is 0 Å². The van der Waals surface area contributed by atoms with E-state index in [9.17, 15) is 4.79 Å². The smallest absolute Gasteiger partial charge is 0.241 e. The highest BCUT2D eigenvalue weighted by Crippen LogP contribution is 2.17. The Morgan fingerprint density at radius 1 is 1.33 bits per heavy atom. The number of carbonyl (C=O) groups excluding carboxylic acids is 1. The van der Waals surface area contributed by atoms with Gasteiger partial charge >= 0.3 is 0 Å². The summed E-state index contributed by atoms with van der Waals surface area (Å²) in [4.78, 5) is 12.1. The summed E-state index contributed by atoms with van der Waals surface area (Å²) < 4.78 is 5.67. The quantitative estimate of drug-likeness (QED) is 0.846. The second-order valence-corrected chi connectivity index (χ2v) is 6.05. The second kappa shape index (κ2) is 8.03. The van der Waals surface area contributed by atoms with Crippen molar-refractivity contribution in [1.29, 1.82) is 0 Å². The molecular formula is C17H26N2O2. The third kappa shape index (κ3) is 5.38. The highest BCUT2D eigenvalue weighted by atomic mass is 16.5. The van der Waals surface area contributed by atoms with Crippen molar-refractivity contribution in [3.8, 4) is 5.75 Å². The zero-order chi connectivity index (χ0) is 15.1. The summed E-state index contributed by atoms with van der Waals surface area (Å²) in [5.41, 5.74) is 0.823. The Morgan fingerprint density at radius 2 is 2.10 bits per heavy atom. The minimum absolute atomic E-state index is 0.0549. The maximum atomic E-state index is 12.1. The fourth-order valence-electron chi connectivity index (χ4n) is 2.35.